The number of aromatic nitrogens is 4. The van der Waals surface area contributed by atoms with Gasteiger partial charge < -0.3 is 30.0 Å². The van der Waals surface area contributed by atoms with Gasteiger partial charge in [0.25, 0.3) is 5.91 Å². The molecule has 0 saturated carbocycles. The van der Waals surface area contributed by atoms with Gasteiger partial charge in [-0.1, -0.05) is 34.5 Å². The van der Waals surface area contributed by atoms with Crippen LogP contribution in [0.2, 0.25) is 5.02 Å². The molecule has 13 nitrogen and oxygen atoms in total. The molecule has 14 heteroatoms. The Labute approximate surface area is 192 Å². The summed E-state index contributed by atoms with van der Waals surface area (Å²) in [5, 5.41) is 23.4. The summed E-state index contributed by atoms with van der Waals surface area (Å²) in [6.45, 7) is 3.55. The van der Waals surface area contributed by atoms with E-state index >= 15 is 0 Å². The summed E-state index contributed by atoms with van der Waals surface area (Å²) in [7, 11) is 0. The Morgan fingerprint density at radius 2 is 1.91 bits per heavy atom. The number of ether oxygens (including phenoxy) is 1. The molecule has 0 unspecified atom stereocenters. The first kappa shape index (κ1) is 23.7. The maximum absolute atomic E-state index is 12.1. The number of rotatable bonds is 10. The second kappa shape index (κ2) is 10.5. The Hall–Kier alpha value is -4.00. The fraction of sp³-hybridized carbons (Fsp3) is 0.316. The highest BCUT2D eigenvalue weighted by atomic mass is 35.5. The Morgan fingerprint density at radius 3 is 2.58 bits per heavy atom. The fourth-order valence-electron chi connectivity index (χ4n) is 2.61. The highest BCUT2D eigenvalue weighted by Gasteiger charge is 2.25. The molecule has 2 heterocycles. The summed E-state index contributed by atoms with van der Waals surface area (Å²) in [4.78, 5) is 38.1. The predicted molar refractivity (Wildman–Crippen MR) is 114 cm³/mol. The third-order valence-electron chi connectivity index (χ3n) is 4.37. The molecule has 0 radical (unpaired) electrons. The zero-order chi connectivity index (χ0) is 24.0. The van der Waals surface area contributed by atoms with E-state index < -0.39 is 16.6 Å². The van der Waals surface area contributed by atoms with Crippen LogP contribution in [0.15, 0.2) is 28.8 Å². The molecule has 0 aliphatic heterocycles. The molecule has 0 bridgehead atoms. The van der Waals surface area contributed by atoms with E-state index in [4.69, 9.17) is 20.9 Å². The van der Waals surface area contributed by atoms with Crippen molar-refractivity contribution in [3.63, 3.8) is 0 Å². The van der Waals surface area contributed by atoms with Gasteiger partial charge in [0.1, 0.15) is 12.3 Å². The van der Waals surface area contributed by atoms with Gasteiger partial charge in [0.05, 0.1) is 10.8 Å². The van der Waals surface area contributed by atoms with E-state index in [1.807, 2.05) is 19.1 Å². The second-order valence-electron chi connectivity index (χ2n) is 6.86. The minimum atomic E-state index is -0.700. The molecule has 33 heavy (non-hydrogen) atoms. The molecule has 1 aromatic carbocycles. The van der Waals surface area contributed by atoms with Crippen molar-refractivity contribution in [1.82, 2.24) is 30.6 Å². The lowest BCUT2D eigenvalue weighted by molar-refractivity contribution is -0.389. The first-order chi connectivity index (χ1) is 15.7. The smallest absolute Gasteiger partial charge is 0.408 e. The molecule has 2 aromatic heterocycles. The quantitative estimate of drug-likeness (QED) is 0.249. The van der Waals surface area contributed by atoms with Crippen molar-refractivity contribution >= 4 is 29.2 Å². The Balaban J connectivity index is 1.41. The number of hydrogen-bond donors (Lipinski definition) is 2. The molecule has 174 valence electrons. The molecule has 2 amide bonds. The van der Waals surface area contributed by atoms with Gasteiger partial charge in [-0.25, -0.2) is 0 Å². The largest absolute Gasteiger partial charge is 0.484 e. The SMILES string of the molecule is Cc1ccc(OCC(=O)NCCNC(=O)c2nc(Cn3nc([N+](=O)[O-])c(Cl)c3C)no2)cc1. The van der Waals surface area contributed by atoms with Gasteiger partial charge in [-0.2, -0.15) is 9.67 Å². The van der Waals surface area contributed by atoms with Crippen LogP contribution < -0.4 is 15.4 Å². The Bertz CT molecular complexity index is 1160. The van der Waals surface area contributed by atoms with Crippen molar-refractivity contribution < 1.29 is 23.8 Å². The van der Waals surface area contributed by atoms with Crippen molar-refractivity contribution in [3.05, 3.63) is 62.4 Å². The van der Waals surface area contributed by atoms with Crippen molar-refractivity contribution in [2.75, 3.05) is 19.7 Å². The number of carbonyl (C=O) groups is 2. The number of nitro groups is 1. The highest BCUT2D eigenvalue weighted by Crippen LogP contribution is 2.26. The third kappa shape index (κ3) is 6.26. The van der Waals surface area contributed by atoms with E-state index in [0.717, 1.165) is 5.56 Å². The van der Waals surface area contributed by atoms with E-state index in [1.165, 1.54) is 4.68 Å². The van der Waals surface area contributed by atoms with E-state index in [-0.39, 0.29) is 48.9 Å². The molecule has 3 rings (SSSR count). The van der Waals surface area contributed by atoms with Crippen LogP contribution in [0, 0.1) is 24.0 Å². The Kier molecular flexibility index (Phi) is 7.56. The van der Waals surface area contributed by atoms with Gasteiger partial charge in [-0.15, -0.1) is 0 Å². The maximum Gasteiger partial charge on any atom is 0.408 e. The van der Waals surface area contributed by atoms with Gasteiger partial charge in [-0.05, 0) is 30.9 Å². The highest BCUT2D eigenvalue weighted by molar-refractivity contribution is 6.33. The molecular weight excluding hydrogens is 458 g/mol. The summed E-state index contributed by atoms with van der Waals surface area (Å²) in [6, 6.07) is 7.29. The van der Waals surface area contributed by atoms with Crippen LogP contribution in [0.3, 0.4) is 0 Å². The fourth-order valence-corrected chi connectivity index (χ4v) is 2.82. The summed E-state index contributed by atoms with van der Waals surface area (Å²) in [5.41, 5.74) is 1.43. The number of nitrogens with one attached hydrogen (secondary N) is 2. The molecule has 0 saturated heterocycles. The lowest BCUT2D eigenvalue weighted by Gasteiger charge is -2.08. The number of benzene rings is 1. The molecule has 0 aliphatic carbocycles. The number of halogens is 1. The van der Waals surface area contributed by atoms with Gasteiger partial charge in [0.15, 0.2) is 17.5 Å². The van der Waals surface area contributed by atoms with Crippen molar-refractivity contribution in [2.45, 2.75) is 20.4 Å². The topological polar surface area (TPSA) is 167 Å². The number of nitrogens with zero attached hydrogens (tertiary/aromatic N) is 5. The zero-order valence-electron chi connectivity index (χ0n) is 17.7. The molecule has 0 spiro atoms. The molecular formula is C19H20ClN7O6. The van der Waals surface area contributed by atoms with Gasteiger partial charge in [0.2, 0.25) is 0 Å². The van der Waals surface area contributed by atoms with Crippen molar-refractivity contribution in [3.8, 4) is 5.75 Å². The van der Waals surface area contributed by atoms with Gasteiger partial charge >= 0.3 is 17.6 Å². The first-order valence-corrected chi connectivity index (χ1v) is 10.1. The summed E-state index contributed by atoms with van der Waals surface area (Å²) in [6.07, 6.45) is 0. The minimum Gasteiger partial charge on any atom is -0.484 e. The second-order valence-corrected chi connectivity index (χ2v) is 7.24. The average molecular weight is 478 g/mol. The zero-order valence-corrected chi connectivity index (χ0v) is 18.5. The molecule has 3 aromatic rings. The first-order valence-electron chi connectivity index (χ1n) is 9.69. The summed E-state index contributed by atoms with van der Waals surface area (Å²) >= 11 is 5.89. The lowest BCUT2D eigenvalue weighted by atomic mass is 10.2. The molecule has 0 atom stereocenters. The third-order valence-corrected chi connectivity index (χ3v) is 4.81. The lowest BCUT2D eigenvalue weighted by Crippen LogP contribution is -2.36. The number of carbonyl (C=O) groups excluding carboxylic acids is 2. The van der Waals surface area contributed by atoms with Crippen molar-refractivity contribution in [2.24, 2.45) is 0 Å². The van der Waals surface area contributed by atoms with Crippen LogP contribution in [0.25, 0.3) is 0 Å². The van der Waals surface area contributed by atoms with Crippen LogP contribution >= 0.6 is 11.6 Å². The van der Waals surface area contributed by atoms with E-state index in [9.17, 15) is 19.7 Å². The average Bonchev–Trinajstić information content (AvgIpc) is 3.36. The molecule has 0 fully saturated rings. The van der Waals surface area contributed by atoms with Crippen LogP contribution in [0.1, 0.15) is 27.8 Å². The minimum absolute atomic E-state index is 0.0762. The molecule has 2 N–H and O–H groups in total. The summed E-state index contributed by atoms with van der Waals surface area (Å²) < 4.78 is 11.5. The number of hydrogen-bond acceptors (Lipinski definition) is 9. The van der Waals surface area contributed by atoms with E-state index in [1.54, 1.807) is 19.1 Å². The normalized spacial score (nSPS) is 10.6. The van der Waals surface area contributed by atoms with Crippen LogP contribution in [-0.2, 0) is 11.3 Å². The molecule has 0 aliphatic rings. The number of aryl methyl sites for hydroxylation is 1. The van der Waals surface area contributed by atoms with Gasteiger partial charge in [0, 0.05) is 13.1 Å². The van der Waals surface area contributed by atoms with Gasteiger partial charge in [-0.3, -0.25) is 9.59 Å². The van der Waals surface area contributed by atoms with E-state index in [0.29, 0.717) is 11.4 Å². The van der Waals surface area contributed by atoms with Crippen LogP contribution in [0.4, 0.5) is 5.82 Å². The standard InChI is InChI=1S/C19H20ClN7O6/c1-11-3-5-13(6-4-11)32-10-15(28)21-7-8-22-18(29)19-23-14(25-33-19)9-26-12(2)16(20)17(24-26)27(30)31/h3-6H,7-10H2,1-2H3,(H,21,28)(H,22,29). The van der Waals surface area contributed by atoms with Crippen LogP contribution in [0.5, 0.6) is 5.75 Å². The summed E-state index contributed by atoms with van der Waals surface area (Å²) in [5.74, 6) is -1.10. The predicted octanol–water partition coefficient (Wildman–Crippen LogP) is 1.42. The van der Waals surface area contributed by atoms with Crippen molar-refractivity contribution in [1.29, 1.82) is 0 Å². The maximum atomic E-state index is 12.1. The number of amides is 2. The van der Waals surface area contributed by atoms with E-state index in [2.05, 4.69) is 25.9 Å². The monoisotopic (exact) mass is 477 g/mol. The Morgan fingerprint density at radius 1 is 1.21 bits per heavy atom. The van der Waals surface area contributed by atoms with Crippen LogP contribution in [-0.4, -0.2) is 56.4 Å².